The first kappa shape index (κ1) is 11.9. The number of benzene rings is 1. The van der Waals surface area contributed by atoms with Gasteiger partial charge in [-0.25, -0.2) is 0 Å². The van der Waals surface area contributed by atoms with Gasteiger partial charge in [-0.15, -0.1) is 4.37 Å². The summed E-state index contributed by atoms with van der Waals surface area (Å²) >= 11 is -0.446. The van der Waals surface area contributed by atoms with Crippen molar-refractivity contribution in [2.45, 2.75) is 9.96 Å². The largest absolute Gasteiger partial charge is 0.610 e. The molecule has 0 aliphatic carbocycles. The summed E-state index contributed by atoms with van der Waals surface area (Å²) in [7, 11) is 0. The quantitative estimate of drug-likeness (QED) is 0.860. The molecule has 2 rings (SSSR count). The molecule has 1 atom stereocenters. The van der Waals surface area contributed by atoms with Gasteiger partial charge in [0.15, 0.2) is 5.56 Å². The average Bonchev–Trinajstić information content (AvgIpc) is 2.71. The van der Waals surface area contributed by atoms with E-state index in [9.17, 15) is 9.66 Å². The van der Waals surface area contributed by atoms with Crippen LogP contribution < -0.4 is 0 Å². The monoisotopic (exact) mass is 264 g/mol. The number of aromatic nitrogens is 1. The molecule has 4 nitrogen and oxygen atoms in total. The predicted molar refractivity (Wildman–Crippen MR) is 65.0 cm³/mol. The van der Waals surface area contributed by atoms with Gasteiger partial charge in [-0.2, -0.15) is 5.26 Å². The zero-order chi connectivity index (χ0) is 12.3. The second-order valence-corrected chi connectivity index (χ2v) is 5.68. The zero-order valence-corrected chi connectivity index (χ0v) is 10.3. The molecule has 0 fully saturated rings. The van der Waals surface area contributed by atoms with E-state index in [1.54, 1.807) is 0 Å². The van der Waals surface area contributed by atoms with Crippen molar-refractivity contribution in [1.29, 1.82) is 5.26 Å². The van der Waals surface area contributed by atoms with E-state index in [0.29, 0.717) is 9.96 Å². The molecule has 0 aliphatic heterocycles. The molecular weight excluding hydrogens is 256 g/mol. The Bertz CT molecular complexity index is 548. The summed E-state index contributed by atoms with van der Waals surface area (Å²) in [4.78, 5) is 0. The third-order valence-electron chi connectivity index (χ3n) is 2.10. The second-order valence-electron chi connectivity index (χ2n) is 3.26. The minimum Gasteiger partial charge on any atom is -0.610 e. The van der Waals surface area contributed by atoms with Crippen molar-refractivity contribution in [2.75, 3.05) is 0 Å². The van der Waals surface area contributed by atoms with E-state index in [4.69, 9.17) is 5.26 Å². The predicted octanol–water partition coefficient (Wildman–Crippen LogP) is 2.03. The van der Waals surface area contributed by atoms with Gasteiger partial charge >= 0.3 is 0 Å². The van der Waals surface area contributed by atoms with Gasteiger partial charge in [0.2, 0.25) is 10.1 Å². The summed E-state index contributed by atoms with van der Waals surface area (Å²) < 4.78 is 16.0. The van der Waals surface area contributed by atoms with Crippen LogP contribution in [0, 0.1) is 11.3 Å². The van der Waals surface area contributed by atoms with Crippen molar-refractivity contribution in [3.8, 4) is 11.9 Å². The van der Waals surface area contributed by atoms with Crippen LogP contribution in [-0.4, -0.2) is 14.0 Å². The highest BCUT2D eigenvalue weighted by atomic mass is 32.2. The molecule has 0 aliphatic rings. The highest BCUT2D eigenvalue weighted by molar-refractivity contribution is 7.92. The van der Waals surface area contributed by atoms with Gasteiger partial charge in [0.05, 0.1) is 0 Å². The highest BCUT2D eigenvalue weighted by Crippen LogP contribution is 2.30. The second kappa shape index (κ2) is 5.19. The molecule has 1 unspecified atom stereocenters. The van der Waals surface area contributed by atoms with E-state index in [0.717, 1.165) is 17.1 Å². The van der Waals surface area contributed by atoms with Gasteiger partial charge in [-0.05, 0) is 0 Å². The van der Waals surface area contributed by atoms with Gasteiger partial charge in [-0.1, -0.05) is 30.3 Å². The smallest absolute Gasteiger partial charge is 0.248 e. The maximum absolute atomic E-state index is 12.0. The Morgan fingerprint density at radius 2 is 2.12 bits per heavy atom. The van der Waals surface area contributed by atoms with Crippen molar-refractivity contribution in [2.24, 2.45) is 0 Å². The third-order valence-corrected chi connectivity index (χ3v) is 4.73. The lowest BCUT2D eigenvalue weighted by molar-refractivity contribution is 0.457. The molecule has 1 aromatic carbocycles. The summed E-state index contributed by atoms with van der Waals surface area (Å²) in [6, 6.07) is 11.2. The van der Waals surface area contributed by atoms with Crippen LogP contribution in [0.5, 0.6) is 5.88 Å². The summed E-state index contributed by atoms with van der Waals surface area (Å²) in [6.07, 6.45) is 0. The molecule has 0 saturated carbocycles. The van der Waals surface area contributed by atoms with Crippen molar-refractivity contribution < 1.29 is 9.66 Å². The number of hydrogen-bond acceptors (Lipinski definition) is 5. The molecule has 0 radical (unpaired) electrons. The fourth-order valence-electron chi connectivity index (χ4n) is 1.31. The molecule has 0 spiro atoms. The molecule has 6 heteroatoms. The van der Waals surface area contributed by atoms with Crippen molar-refractivity contribution in [1.82, 2.24) is 4.37 Å². The van der Waals surface area contributed by atoms with E-state index >= 15 is 0 Å². The minimum absolute atomic E-state index is 0.0178. The van der Waals surface area contributed by atoms with Crippen LogP contribution in [0.1, 0.15) is 11.1 Å². The molecule has 2 aromatic rings. The third kappa shape index (κ3) is 2.58. The average molecular weight is 264 g/mol. The molecule has 0 amide bonds. The number of nitriles is 1. The Hall–Kier alpha value is -1.55. The number of hydrogen-bond donors (Lipinski definition) is 1. The lowest BCUT2D eigenvalue weighted by atomic mass is 10.2. The molecule has 1 aromatic heterocycles. The SMILES string of the molecule is N#Cc1c(O)nsc1[S+]([O-])Cc1ccccc1. The summed E-state index contributed by atoms with van der Waals surface area (Å²) in [5.74, 6) is -0.0224. The van der Waals surface area contributed by atoms with Crippen LogP contribution in [0.15, 0.2) is 34.5 Å². The van der Waals surface area contributed by atoms with Crippen LogP contribution in [0.4, 0.5) is 0 Å². The fourth-order valence-corrected chi connectivity index (χ4v) is 3.41. The van der Waals surface area contributed by atoms with E-state index in [-0.39, 0.29) is 11.4 Å². The first-order chi connectivity index (χ1) is 8.22. The van der Waals surface area contributed by atoms with Crippen molar-refractivity contribution >= 4 is 22.7 Å². The van der Waals surface area contributed by atoms with E-state index in [1.807, 2.05) is 36.4 Å². The van der Waals surface area contributed by atoms with Gasteiger partial charge < -0.3 is 9.66 Å². The molecule has 86 valence electrons. The molecule has 1 heterocycles. The Labute approximate surface area is 106 Å². The normalized spacial score (nSPS) is 12.0. The van der Waals surface area contributed by atoms with E-state index in [2.05, 4.69) is 4.37 Å². The lowest BCUT2D eigenvalue weighted by Crippen LogP contribution is -2.04. The summed E-state index contributed by atoms with van der Waals surface area (Å²) in [5.41, 5.74) is 0.937. The van der Waals surface area contributed by atoms with Crippen LogP contribution in [0.3, 0.4) is 0 Å². The van der Waals surface area contributed by atoms with E-state index in [1.165, 1.54) is 0 Å². The Morgan fingerprint density at radius 3 is 2.76 bits per heavy atom. The molecular formula is C11H8N2O2S2. The Morgan fingerprint density at radius 1 is 1.41 bits per heavy atom. The Kier molecular flexibility index (Phi) is 3.64. The van der Waals surface area contributed by atoms with Gasteiger partial charge in [0, 0.05) is 28.3 Å². The number of aromatic hydroxyl groups is 1. The standard InChI is InChI=1S/C11H8N2O2S2/c12-6-9-10(14)13-16-11(9)17(15)7-8-4-2-1-3-5-8/h1-5H,7H2,(H,13,14). The zero-order valence-electron chi connectivity index (χ0n) is 8.66. The topological polar surface area (TPSA) is 80.0 Å². The molecule has 0 bridgehead atoms. The number of rotatable bonds is 3. The van der Waals surface area contributed by atoms with Gasteiger partial charge in [-0.3, -0.25) is 0 Å². The van der Waals surface area contributed by atoms with Crippen LogP contribution in [-0.2, 0) is 16.9 Å². The molecule has 0 saturated heterocycles. The van der Waals surface area contributed by atoms with Crippen LogP contribution in [0.2, 0.25) is 0 Å². The molecule has 17 heavy (non-hydrogen) atoms. The lowest BCUT2D eigenvalue weighted by Gasteiger charge is -2.07. The van der Waals surface area contributed by atoms with Crippen LogP contribution in [0.25, 0.3) is 0 Å². The van der Waals surface area contributed by atoms with Crippen molar-refractivity contribution in [3.63, 3.8) is 0 Å². The molecule has 1 N–H and O–H groups in total. The summed E-state index contributed by atoms with van der Waals surface area (Å²) in [5, 5.41) is 18.1. The maximum atomic E-state index is 12.0. The first-order valence-electron chi connectivity index (χ1n) is 4.73. The highest BCUT2D eigenvalue weighted by Gasteiger charge is 2.24. The van der Waals surface area contributed by atoms with Crippen LogP contribution >= 0.6 is 11.5 Å². The van der Waals surface area contributed by atoms with E-state index < -0.39 is 11.2 Å². The summed E-state index contributed by atoms with van der Waals surface area (Å²) in [6.45, 7) is 0. The van der Waals surface area contributed by atoms with Gasteiger partial charge in [0.1, 0.15) is 11.8 Å². The minimum atomic E-state index is -1.35. The number of nitrogens with zero attached hydrogens (tertiary/aromatic N) is 2. The van der Waals surface area contributed by atoms with Crippen molar-refractivity contribution in [3.05, 3.63) is 41.5 Å². The fraction of sp³-hybridized carbons (Fsp3) is 0.0909. The maximum Gasteiger partial charge on any atom is 0.248 e. The Balaban J connectivity index is 2.21. The van der Waals surface area contributed by atoms with Gasteiger partial charge in [0.25, 0.3) is 0 Å². The first-order valence-corrected chi connectivity index (χ1v) is 6.82.